The van der Waals surface area contributed by atoms with Crippen molar-refractivity contribution in [3.05, 3.63) is 0 Å². The summed E-state index contributed by atoms with van der Waals surface area (Å²) in [5.41, 5.74) is -3.13. The first-order valence-corrected chi connectivity index (χ1v) is 5.93. The number of rotatable bonds is 6. The SMILES string of the molecule is O=C(NC(CO)(COC(=O)C(F)(F)F)COC(=O)C(F)(F)F)C(F)(F)F. The summed E-state index contributed by atoms with van der Waals surface area (Å²) < 4.78 is 116. The van der Waals surface area contributed by atoms with Crippen molar-refractivity contribution in [2.75, 3.05) is 19.8 Å². The normalized spacial score (nSPS) is 13.2. The second-order valence-electron chi connectivity index (χ2n) is 4.54. The molecule has 0 heterocycles. The molecule has 16 heteroatoms. The van der Waals surface area contributed by atoms with Crippen molar-refractivity contribution in [2.24, 2.45) is 0 Å². The van der Waals surface area contributed by atoms with Crippen molar-refractivity contribution in [1.82, 2.24) is 5.32 Å². The van der Waals surface area contributed by atoms with Gasteiger partial charge in [-0.2, -0.15) is 39.5 Å². The highest BCUT2D eigenvalue weighted by molar-refractivity contribution is 5.82. The Balaban J connectivity index is 5.43. The van der Waals surface area contributed by atoms with Gasteiger partial charge in [-0.1, -0.05) is 0 Å². The van der Waals surface area contributed by atoms with Gasteiger partial charge in [0.15, 0.2) is 0 Å². The molecule has 0 unspecified atom stereocenters. The molecule has 26 heavy (non-hydrogen) atoms. The topological polar surface area (TPSA) is 102 Å². The molecule has 2 N–H and O–H groups in total. The van der Waals surface area contributed by atoms with Gasteiger partial charge in [0.05, 0.1) is 6.61 Å². The summed E-state index contributed by atoms with van der Waals surface area (Å²) in [4.78, 5) is 32.0. The molecule has 0 radical (unpaired) electrons. The van der Waals surface area contributed by atoms with Crippen LogP contribution in [0.1, 0.15) is 0 Å². The van der Waals surface area contributed by atoms with E-state index in [0.717, 1.165) is 5.32 Å². The van der Waals surface area contributed by atoms with E-state index in [2.05, 4.69) is 9.47 Å². The first kappa shape index (κ1) is 23.7. The monoisotopic (exact) mass is 409 g/mol. The molecule has 0 aliphatic heterocycles. The smallest absolute Gasteiger partial charge is 0.456 e. The quantitative estimate of drug-likeness (QED) is 0.493. The minimum Gasteiger partial charge on any atom is -0.456 e. The van der Waals surface area contributed by atoms with Gasteiger partial charge < -0.3 is 19.9 Å². The van der Waals surface area contributed by atoms with Gasteiger partial charge in [-0.15, -0.1) is 0 Å². The molecule has 1 amide bonds. The van der Waals surface area contributed by atoms with Crippen LogP contribution in [0, 0.1) is 0 Å². The number of alkyl halides is 9. The lowest BCUT2D eigenvalue weighted by Crippen LogP contribution is -2.61. The largest absolute Gasteiger partial charge is 0.490 e. The van der Waals surface area contributed by atoms with Gasteiger partial charge in [0.1, 0.15) is 18.8 Å². The van der Waals surface area contributed by atoms with Crippen LogP contribution in [-0.4, -0.2) is 66.8 Å². The second-order valence-corrected chi connectivity index (χ2v) is 4.54. The van der Waals surface area contributed by atoms with Crippen LogP contribution in [0.4, 0.5) is 39.5 Å². The number of ether oxygens (including phenoxy) is 2. The van der Waals surface area contributed by atoms with Gasteiger partial charge >= 0.3 is 36.4 Å². The van der Waals surface area contributed by atoms with E-state index < -0.39 is 61.7 Å². The molecular weight excluding hydrogens is 401 g/mol. The molecule has 0 aliphatic rings. The van der Waals surface area contributed by atoms with Crippen LogP contribution in [-0.2, 0) is 23.9 Å². The number of halogens is 9. The Morgan fingerprint density at radius 1 is 0.731 bits per heavy atom. The minimum atomic E-state index is -5.68. The zero-order valence-corrected chi connectivity index (χ0v) is 12.0. The number of carbonyl (C=O) groups excluding carboxylic acids is 3. The number of amides is 1. The molecule has 152 valence electrons. The van der Waals surface area contributed by atoms with Crippen LogP contribution >= 0.6 is 0 Å². The van der Waals surface area contributed by atoms with E-state index in [9.17, 15) is 53.9 Å². The average Bonchev–Trinajstić information content (AvgIpc) is 2.46. The molecule has 0 bridgehead atoms. The molecule has 0 aromatic heterocycles. The average molecular weight is 409 g/mol. The first-order chi connectivity index (χ1) is 11.4. The summed E-state index contributed by atoms with van der Waals surface area (Å²) in [5, 5.41) is 9.83. The van der Waals surface area contributed by atoms with Crippen LogP contribution in [0.15, 0.2) is 0 Å². The summed E-state index contributed by atoms with van der Waals surface area (Å²) in [6, 6.07) is 0. The van der Waals surface area contributed by atoms with Crippen molar-refractivity contribution in [3.63, 3.8) is 0 Å². The van der Waals surface area contributed by atoms with Crippen LogP contribution in [0.2, 0.25) is 0 Å². The van der Waals surface area contributed by atoms with Gasteiger partial charge in [0.2, 0.25) is 0 Å². The van der Waals surface area contributed by atoms with Gasteiger partial charge in [-0.3, -0.25) is 4.79 Å². The van der Waals surface area contributed by atoms with Gasteiger partial charge in [0, 0.05) is 0 Å². The Hall–Kier alpha value is -2.26. The van der Waals surface area contributed by atoms with E-state index in [1.54, 1.807) is 0 Å². The second kappa shape index (κ2) is 7.96. The Morgan fingerprint density at radius 2 is 1.08 bits per heavy atom. The Bertz CT molecular complexity index is 509. The van der Waals surface area contributed by atoms with Crippen molar-refractivity contribution in [1.29, 1.82) is 0 Å². The van der Waals surface area contributed by atoms with E-state index in [1.807, 2.05) is 0 Å². The molecule has 0 aromatic rings. The molecular formula is C10H8F9NO6. The van der Waals surface area contributed by atoms with Crippen molar-refractivity contribution >= 4 is 17.8 Å². The van der Waals surface area contributed by atoms with E-state index in [1.165, 1.54) is 0 Å². The fourth-order valence-electron chi connectivity index (χ4n) is 1.13. The third kappa shape index (κ3) is 7.32. The number of nitrogens with one attached hydrogen (secondary N) is 1. The highest BCUT2D eigenvalue weighted by atomic mass is 19.4. The highest BCUT2D eigenvalue weighted by Gasteiger charge is 2.49. The number of esters is 2. The molecule has 0 atom stereocenters. The van der Waals surface area contributed by atoms with E-state index in [-0.39, 0.29) is 0 Å². The van der Waals surface area contributed by atoms with Crippen LogP contribution in [0.25, 0.3) is 0 Å². The van der Waals surface area contributed by atoms with Crippen molar-refractivity contribution in [3.8, 4) is 0 Å². The van der Waals surface area contributed by atoms with E-state index in [4.69, 9.17) is 5.11 Å². The standard InChI is InChI=1S/C10H8F9NO6/c11-8(12,13)4(22)20-7(1-21,2-25-5(23)9(14,15)16)3-26-6(24)10(17,18)19/h21H,1-3H2,(H,20,22). The summed E-state index contributed by atoms with van der Waals surface area (Å²) in [7, 11) is 0. The predicted molar refractivity (Wildman–Crippen MR) is 58.0 cm³/mol. The lowest BCUT2D eigenvalue weighted by Gasteiger charge is -2.32. The molecule has 0 aliphatic carbocycles. The molecule has 0 fully saturated rings. The minimum absolute atomic E-state index is 0.831. The lowest BCUT2D eigenvalue weighted by molar-refractivity contribution is -0.209. The molecule has 0 saturated heterocycles. The van der Waals surface area contributed by atoms with E-state index in [0.29, 0.717) is 0 Å². The Labute approximate surface area is 137 Å². The fourth-order valence-corrected chi connectivity index (χ4v) is 1.13. The van der Waals surface area contributed by atoms with Crippen molar-refractivity contribution < 1.29 is 68.5 Å². The Morgan fingerprint density at radius 3 is 1.31 bits per heavy atom. The zero-order valence-electron chi connectivity index (χ0n) is 12.0. The highest BCUT2D eigenvalue weighted by Crippen LogP contribution is 2.22. The number of hydrogen-bond acceptors (Lipinski definition) is 6. The van der Waals surface area contributed by atoms with E-state index >= 15 is 0 Å². The van der Waals surface area contributed by atoms with Gasteiger partial charge in [-0.05, 0) is 0 Å². The molecule has 7 nitrogen and oxygen atoms in total. The maximum atomic E-state index is 12.2. The molecule has 0 saturated carbocycles. The van der Waals surface area contributed by atoms with Crippen LogP contribution < -0.4 is 5.32 Å². The molecule has 0 aromatic carbocycles. The van der Waals surface area contributed by atoms with Crippen LogP contribution in [0.3, 0.4) is 0 Å². The number of aliphatic hydroxyl groups excluding tert-OH is 1. The third-order valence-electron chi connectivity index (χ3n) is 2.36. The summed E-state index contributed by atoms with van der Waals surface area (Å²) in [6.45, 7) is -5.57. The first-order valence-electron chi connectivity index (χ1n) is 5.93. The fraction of sp³-hybridized carbons (Fsp3) is 0.700. The summed E-state index contributed by atoms with van der Waals surface area (Å²) in [5.74, 6) is -8.89. The van der Waals surface area contributed by atoms with Gasteiger partial charge in [-0.25, -0.2) is 9.59 Å². The lowest BCUT2D eigenvalue weighted by atomic mass is 10.0. The van der Waals surface area contributed by atoms with Crippen molar-refractivity contribution in [2.45, 2.75) is 24.1 Å². The Kier molecular flexibility index (Phi) is 7.27. The number of aliphatic hydroxyl groups is 1. The predicted octanol–water partition coefficient (Wildman–Crippen LogP) is 0.607. The van der Waals surface area contributed by atoms with Gasteiger partial charge in [0.25, 0.3) is 0 Å². The maximum absolute atomic E-state index is 12.2. The maximum Gasteiger partial charge on any atom is 0.490 e. The molecule has 0 spiro atoms. The number of hydrogen-bond donors (Lipinski definition) is 2. The zero-order chi connectivity index (χ0) is 21.0. The van der Waals surface area contributed by atoms with Crippen LogP contribution in [0.5, 0.6) is 0 Å². The molecule has 0 rings (SSSR count). The summed E-state index contributed by atoms with van der Waals surface area (Å²) in [6.07, 6.45) is -17.0. The number of carbonyl (C=O) groups is 3. The third-order valence-corrected chi connectivity index (χ3v) is 2.36. The summed E-state index contributed by atoms with van der Waals surface area (Å²) >= 11 is 0.